The second kappa shape index (κ2) is 16.5. The lowest BCUT2D eigenvalue weighted by Gasteiger charge is -2.41. The highest BCUT2D eigenvalue weighted by atomic mass is 16.5. The smallest absolute Gasteiger partial charge is 0.0892 e. The minimum Gasteiger partial charge on any atom is -0.371 e. The molecule has 246 valence electrons. The van der Waals surface area contributed by atoms with Crippen LogP contribution in [0.2, 0.25) is 0 Å². The summed E-state index contributed by atoms with van der Waals surface area (Å²) in [6.45, 7) is 27.6. The number of ether oxygens (including phenoxy) is 1. The molecule has 0 radical (unpaired) electrons. The summed E-state index contributed by atoms with van der Waals surface area (Å²) >= 11 is 0. The van der Waals surface area contributed by atoms with E-state index in [0.717, 1.165) is 48.8 Å². The van der Waals surface area contributed by atoms with Crippen molar-refractivity contribution >= 4 is 5.69 Å². The molecule has 4 heteroatoms. The molecule has 5 rings (SSSR count). The van der Waals surface area contributed by atoms with Gasteiger partial charge in [0.1, 0.15) is 0 Å². The van der Waals surface area contributed by atoms with Crippen molar-refractivity contribution in [2.45, 2.75) is 119 Å². The van der Waals surface area contributed by atoms with Gasteiger partial charge in [-0.15, -0.1) is 6.58 Å². The number of anilines is 1. The van der Waals surface area contributed by atoms with Crippen LogP contribution in [0.4, 0.5) is 5.69 Å². The van der Waals surface area contributed by atoms with Crippen LogP contribution in [0.1, 0.15) is 116 Å². The zero-order chi connectivity index (χ0) is 33.2. The molecule has 3 heterocycles. The summed E-state index contributed by atoms with van der Waals surface area (Å²) in [5.41, 5.74) is 8.38. The van der Waals surface area contributed by atoms with Crippen LogP contribution < -0.4 is 4.90 Å². The van der Waals surface area contributed by atoms with Gasteiger partial charge in [0.25, 0.3) is 0 Å². The number of pyridine rings is 2. The third-order valence-electron chi connectivity index (χ3n) is 8.69. The fraction of sp³-hybridized carbons (Fsp3) is 0.561. The summed E-state index contributed by atoms with van der Waals surface area (Å²) < 4.78 is 6.74. The van der Waals surface area contributed by atoms with E-state index in [-0.39, 0.29) is 11.7 Å². The van der Waals surface area contributed by atoms with Gasteiger partial charge in [0.2, 0.25) is 0 Å². The topological polar surface area (TPSA) is 38.2 Å². The minimum absolute atomic E-state index is 0.0440. The molecule has 0 N–H and O–H groups in total. The van der Waals surface area contributed by atoms with Gasteiger partial charge < -0.3 is 9.64 Å². The summed E-state index contributed by atoms with van der Waals surface area (Å²) in [4.78, 5) is 12.5. The van der Waals surface area contributed by atoms with Crippen LogP contribution >= 0.6 is 0 Å². The Hall–Kier alpha value is -2.98. The highest BCUT2D eigenvalue weighted by molar-refractivity contribution is 5.79. The quantitative estimate of drug-likeness (QED) is 0.226. The predicted octanol–water partition coefficient (Wildman–Crippen LogP) is 11.0. The molecule has 1 saturated heterocycles. The molecule has 45 heavy (non-hydrogen) atoms. The average molecular weight is 612 g/mol. The number of nitrogens with zero attached hydrogens (tertiary/aromatic N) is 3. The van der Waals surface area contributed by atoms with Gasteiger partial charge in [0.15, 0.2) is 0 Å². The number of piperidine rings is 1. The summed E-state index contributed by atoms with van der Waals surface area (Å²) in [5.74, 6) is 1.22. The number of allylic oxidation sites excluding steroid dienone is 1. The van der Waals surface area contributed by atoms with Gasteiger partial charge >= 0.3 is 0 Å². The van der Waals surface area contributed by atoms with Crippen molar-refractivity contribution in [1.29, 1.82) is 0 Å². The molecule has 1 aliphatic heterocycles. The molecule has 1 unspecified atom stereocenters. The molecule has 0 bridgehead atoms. The molecule has 2 fully saturated rings. The average Bonchev–Trinajstić information content (AvgIpc) is 3.86. The Kier molecular flexibility index (Phi) is 13.4. The molecule has 1 aromatic carbocycles. The lowest BCUT2D eigenvalue weighted by molar-refractivity contribution is -0.0817. The SMILES string of the molecule is C=CC1CC1.CC.Cc1ncc(-c2ccc(CCc3ccccc3)cn2)c(N2CCC(C)(C)CC2)c1C(OC(C)(C)C)C(C)C. The van der Waals surface area contributed by atoms with Crippen molar-refractivity contribution in [1.82, 2.24) is 9.97 Å². The third kappa shape index (κ3) is 11.1. The van der Waals surface area contributed by atoms with E-state index >= 15 is 0 Å². The normalized spacial score (nSPS) is 16.6. The van der Waals surface area contributed by atoms with E-state index in [1.165, 1.54) is 48.1 Å². The number of hydrogen-bond donors (Lipinski definition) is 0. The lowest BCUT2D eigenvalue weighted by atomic mass is 9.82. The molecular weight excluding hydrogens is 550 g/mol. The van der Waals surface area contributed by atoms with E-state index in [2.05, 4.69) is 109 Å². The molecule has 3 aromatic rings. The lowest BCUT2D eigenvalue weighted by Crippen LogP contribution is -2.39. The maximum atomic E-state index is 6.74. The monoisotopic (exact) mass is 611 g/mol. The van der Waals surface area contributed by atoms with Crippen molar-refractivity contribution in [3.8, 4) is 11.3 Å². The van der Waals surface area contributed by atoms with Crippen molar-refractivity contribution < 1.29 is 4.74 Å². The van der Waals surface area contributed by atoms with Crippen LogP contribution in [0, 0.1) is 24.2 Å². The predicted molar refractivity (Wildman–Crippen MR) is 194 cm³/mol. The van der Waals surface area contributed by atoms with Gasteiger partial charge in [-0.3, -0.25) is 9.97 Å². The van der Waals surface area contributed by atoms with E-state index in [1.807, 2.05) is 32.3 Å². The molecule has 4 nitrogen and oxygen atoms in total. The molecule has 2 aromatic heterocycles. The van der Waals surface area contributed by atoms with Crippen LogP contribution in [0.25, 0.3) is 11.3 Å². The van der Waals surface area contributed by atoms with E-state index in [9.17, 15) is 0 Å². The summed E-state index contributed by atoms with van der Waals surface area (Å²) in [6, 6.07) is 15.1. The summed E-state index contributed by atoms with van der Waals surface area (Å²) in [7, 11) is 0. The van der Waals surface area contributed by atoms with Crippen molar-refractivity contribution in [2.24, 2.45) is 17.3 Å². The molecule has 2 aliphatic rings. The Morgan fingerprint density at radius 2 is 1.56 bits per heavy atom. The van der Waals surface area contributed by atoms with Crippen LogP contribution in [0.5, 0.6) is 0 Å². The maximum Gasteiger partial charge on any atom is 0.0892 e. The standard InChI is InChI=1S/C34H47N3O.C5H8.C2H6/c1-24(2)32(38-33(4,5)6)30-25(3)35-23-28(31(30)37-20-18-34(7,8)19-21-37)29-17-16-27(22-36-29)15-14-26-12-10-9-11-13-26;1-2-5-3-4-5;1-2/h9-13,16-17,22-24,32H,14-15,18-21H2,1-8H3;2,5H,1,3-4H2;1-2H3. The van der Waals surface area contributed by atoms with Crippen LogP contribution in [0.15, 0.2) is 67.5 Å². The number of aryl methyl sites for hydroxylation is 3. The molecule has 1 saturated carbocycles. The Labute approximate surface area is 275 Å². The Balaban J connectivity index is 0.000000706. The Bertz CT molecular complexity index is 1310. The molecular formula is C41H61N3O. The fourth-order valence-corrected chi connectivity index (χ4v) is 5.72. The minimum atomic E-state index is -0.253. The van der Waals surface area contributed by atoms with Gasteiger partial charge in [-0.1, -0.05) is 84.0 Å². The largest absolute Gasteiger partial charge is 0.371 e. The molecule has 1 aliphatic carbocycles. The number of aromatic nitrogens is 2. The molecule has 0 spiro atoms. The molecule has 1 atom stereocenters. The highest BCUT2D eigenvalue weighted by Gasteiger charge is 2.34. The zero-order valence-corrected chi connectivity index (χ0v) is 30.1. The second-order valence-corrected chi connectivity index (χ2v) is 14.7. The second-order valence-electron chi connectivity index (χ2n) is 14.7. The number of hydrogen-bond acceptors (Lipinski definition) is 4. The summed E-state index contributed by atoms with van der Waals surface area (Å²) in [6.07, 6.45) is 13.2. The van der Waals surface area contributed by atoms with Crippen LogP contribution in [0.3, 0.4) is 0 Å². The maximum absolute atomic E-state index is 6.74. The van der Waals surface area contributed by atoms with E-state index in [4.69, 9.17) is 14.7 Å². The van der Waals surface area contributed by atoms with E-state index < -0.39 is 0 Å². The first-order chi connectivity index (χ1) is 21.4. The highest BCUT2D eigenvalue weighted by Crippen LogP contribution is 2.44. The van der Waals surface area contributed by atoms with E-state index in [0.29, 0.717) is 11.3 Å². The Morgan fingerprint density at radius 3 is 2.04 bits per heavy atom. The van der Waals surface area contributed by atoms with Crippen molar-refractivity contribution in [3.05, 3.63) is 89.9 Å². The zero-order valence-electron chi connectivity index (χ0n) is 30.1. The summed E-state index contributed by atoms with van der Waals surface area (Å²) in [5, 5.41) is 0. The van der Waals surface area contributed by atoms with Gasteiger partial charge in [-0.25, -0.2) is 0 Å². The first-order valence-electron chi connectivity index (χ1n) is 17.4. The van der Waals surface area contributed by atoms with Gasteiger partial charge in [-0.2, -0.15) is 0 Å². The van der Waals surface area contributed by atoms with Gasteiger partial charge in [0.05, 0.1) is 23.1 Å². The first kappa shape index (κ1) is 36.5. The first-order valence-corrected chi connectivity index (χ1v) is 17.4. The number of rotatable bonds is 9. The van der Waals surface area contributed by atoms with Gasteiger partial charge in [0, 0.05) is 42.3 Å². The van der Waals surface area contributed by atoms with Crippen LogP contribution in [-0.4, -0.2) is 28.7 Å². The van der Waals surface area contributed by atoms with Gasteiger partial charge in [-0.05, 0) is 101 Å². The fourth-order valence-electron chi connectivity index (χ4n) is 5.72. The van der Waals surface area contributed by atoms with Crippen LogP contribution in [-0.2, 0) is 17.6 Å². The third-order valence-corrected chi connectivity index (χ3v) is 8.69. The number of benzene rings is 1. The van der Waals surface area contributed by atoms with E-state index in [1.54, 1.807) is 0 Å². The van der Waals surface area contributed by atoms with Crippen molar-refractivity contribution in [3.63, 3.8) is 0 Å². The molecule has 0 amide bonds. The van der Waals surface area contributed by atoms with Crippen molar-refractivity contribution in [2.75, 3.05) is 18.0 Å². The Morgan fingerprint density at radius 1 is 0.933 bits per heavy atom.